The molecule has 9 nitrogen and oxygen atoms in total. The lowest BCUT2D eigenvalue weighted by atomic mass is 10.0. The van der Waals surface area contributed by atoms with E-state index in [1.165, 1.54) is 10.6 Å². The Morgan fingerprint density at radius 2 is 1.93 bits per heavy atom. The van der Waals surface area contributed by atoms with Gasteiger partial charge in [0.2, 0.25) is 5.82 Å². The maximum absolute atomic E-state index is 12.7. The third kappa shape index (κ3) is 4.03. The predicted octanol–water partition coefficient (Wildman–Crippen LogP) is 2.40. The molecule has 1 aromatic carbocycles. The Kier molecular flexibility index (Phi) is 5.73. The zero-order valence-corrected chi connectivity index (χ0v) is 16.7. The summed E-state index contributed by atoms with van der Waals surface area (Å²) in [6.45, 7) is 5.20. The van der Waals surface area contributed by atoms with Crippen molar-refractivity contribution in [3.05, 3.63) is 80.3 Å². The third-order valence-corrected chi connectivity index (χ3v) is 5.30. The van der Waals surface area contributed by atoms with Crippen LogP contribution in [0.15, 0.2) is 53.5 Å². The van der Waals surface area contributed by atoms with Crippen molar-refractivity contribution in [3.63, 3.8) is 0 Å². The van der Waals surface area contributed by atoms with Gasteiger partial charge in [-0.1, -0.05) is 35.9 Å². The van der Waals surface area contributed by atoms with Crippen LogP contribution in [-0.2, 0) is 4.74 Å². The van der Waals surface area contributed by atoms with E-state index in [1.54, 1.807) is 18.2 Å². The van der Waals surface area contributed by atoms with Crippen molar-refractivity contribution in [2.24, 2.45) is 0 Å². The van der Waals surface area contributed by atoms with Gasteiger partial charge in [-0.05, 0) is 24.6 Å². The van der Waals surface area contributed by atoms with Gasteiger partial charge in [-0.25, -0.2) is 4.98 Å². The topological polar surface area (TPSA) is 102 Å². The molecule has 0 spiro atoms. The van der Waals surface area contributed by atoms with Crippen LogP contribution in [-0.4, -0.2) is 52.1 Å². The molecule has 1 aliphatic heterocycles. The van der Waals surface area contributed by atoms with Gasteiger partial charge in [0.15, 0.2) is 0 Å². The Bertz CT molecular complexity index is 1110. The fourth-order valence-electron chi connectivity index (χ4n) is 3.70. The van der Waals surface area contributed by atoms with Gasteiger partial charge in [-0.2, -0.15) is 0 Å². The molecular formula is C21H23N5O4. The van der Waals surface area contributed by atoms with E-state index >= 15 is 0 Å². The Balaban J connectivity index is 1.68. The van der Waals surface area contributed by atoms with E-state index in [9.17, 15) is 14.9 Å². The highest BCUT2D eigenvalue weighted by molar-refractivity contribution is 5.60. The molecule has 2 aromatic heterocycles. The van der Waals surface area contributed by atoms with Crippen LogP contribution in [0.4, 0.5) is 11.5 Å². The number of morpholine rings is 1. The van der Waals surface area contributed by atoms with Gasteiger partial charge in [-0.3, -0.25) is 24.2 Å². The number of fused-ring (bicyclic) bond motifs is 1. The molecule has 1 fully saturated rings. The van der Waals surface area contributed by atoms with Crippen molar-refractivity contribution in [3.8, 4) is 0 Å². The molecule has 30 heavy (non-hydrogen) atoms. The van der Waals surface area contributed by atoms with Crippen molar-refractivity contribution in [2.45, 2.75) is 13.0 Å². The molecule has 0 saturated carbocycles. The lowest BCUT2D eigenvalue weighted by molar-refractivity contribution is -0.385. The first kappa shape index (κ1) is 20.0. The van der Waals surface area contributed by atoms with Crippen molar-refractivity contribution in [2.75, 3.05) is 38.2 Å². The van der Waals surface area contributed by atoms with Gasteiger partial charge in [0.1, 0.15) is 5.65 Å². The lowest BCUT2D eigenvalue weighted by Gasteiger charge is -2.35. The Morgan fingerprint density at radius 3 is 2.63 bits per heavy atom. The van der Waals surface area contributed by atoms with E-state index in [-0.39, 0.29) is 11.9 Å². The van der Waals surface area contributed by atoms with E-state index in [0.717, 1.165) is 24.2 Å². The molecule has 1 N–H and O–H groups in total. The van der Waals surface area contributed by atoms with Crippen molar-refractivity contribution in [1.29, 1.82) is 0 Å². The number of benzene rings is 1. The quantitative estimate of drug-likeness (QED) is 0.493. The second-order valence-electron chi connectivity index (χ2n) is 7.26. The molecule has 1 saturated heterocycles. The van der Waals surface area contributed by atoms with Gasteiger partial charge in [-0.15, -0.1) is 0 Å². The lowest BCUT2D eigenvalue weighted by Crippen LogP contribution is -2.41. The second kappa shape index (κ2) is 8.60. The van der Waals surface area contributed by atoms with Crippen LogP contribution < -0.4 is 10.9 Å². The van der Waals surface area contributed by atoms with Gasteiger partial charge >= 0.3 is 11.2 Å². The molecule has 1 atom stereocenters. The van der Waals surface area contributed by atoms with Crippen LogP contribution in [0, 0.1) is 17.0 Å². The summed E-state index contributed by atoms with van der Waals surface area (Å²) in [5.41, 5.74) is 1.35. The van der Waals surface area contributed by atoms with Gasteiger partial charge in [0.05, 0.1) is 24.2 Å². The average molecular weight is 409 g/mol. The van der Waals surface area contributed by atoms with E-state index < -0.39 is 16.2 Å². The Morgan fingerprint density at radius 1 is 1.20 bits per heavy atom. The molecule has 0 bridgehead atoms. The summed E-state index contributed by atoms with van der Waals surface area (Å²) < 4.78 is 6.66. The van der Waals surface area contributed by atoms with Gasteiger partial charge in [0, 0.05) is 25.8 Å². The SMILES string of the molecule is Cc1ccc(C(CNc2nc3ccccn3c(=O)c2[N+](=O)[O-])N2CCOCC2)cc1. The first-order chi connectivity index (χ1) is 14.5. The van der Waals surface area contributed by atoms with E-state index in [2.05, 4.69) is 27.3 Å². The summed E-state index contributed by atoms with van der Waals surface area (Å²) >= 11 is 0. The number of nitro groups is 1. The minimum atomic E-state index is -0.702. The minimum absolute atomic E-state index is 0.0124. The van der Waals surface area contributed by atoms with Crippen LogP contribution >= 0.6 is 0 Å². The number of ether oxygens (including phenoxy) is 1. The zero-order chi connectivity index (χ0) is 21.1. The molecule has 156 valence electrons. The smallest absolute Gasteiger partial charge is 0.376 e. The average Bonchev–Trinajstić information content (AvgIpc) is 2.76. The zero-order valence-electron chi connectivity index (χ0n) is 16.7. The van der Waals surface area contributed by atoms with Crippen LogP contribution in [0.5, 0.6) is 0 Å². The number of aryl methyl sites for hydroxylation is 1. The summed E-state index contributed by atoms with van der Waals surface area (Å²) in [4.78, 5) is 30.2. The summed E-state index contributed by atoms with van der Waals surface area (Å²) in [6.07, 6.45) is 1.48. The molecule has 3 heterocycles. The summed E-state index contributed by atoms with van der Waals surface area (Å²) in [5.74, 6) is -0.0124. The molecule has 0 radical (unpaired) electrons. The number of pyridine rings is 1. The normalized spacial score (nSPS) is 15.8. The number of nitrogens with zero attached hydrogens (tertiary/aromatic N) is 4. The number of aromatic nitrogens is 2. The first-order valence-electron chi connectivity index (χ1n) is 9.82. The molecule has 0 amide bonds. The maximum atomic E-state index is 12.7. The minimum Gasteiger partial charge on any atom is -0.379 e. The highest BCUT2D eigenvalue weighted by Crippen LogP contribution is 2.25. The second-order valence-corrected chi connectivity index (χ2v) is 7.26. The predicted molar refractivity (Wildman–Crippen MR) is 113 cm³/mol. The van der Waals surface area contributed by atoms with Crippen molar-refractivity contribution < 1.29 is 9.66 Å². The monoisotopic (exact) mass is 409 g/mol. The number of hydrogen-bond acceptors (Lipinski definition) is 7. The van der Waals surface area contributed by atoms with Crippen molar-refractivity contribution in [1.82, 2.24) is 14.3 Å². The Hall–Kier alpha value is -3.30. The molecule has 9 heteroatoms. The van der Waals surface area contributed by atoms with Gasteiger partial charge < -0.3 is 10.1 Å². The number of rotatable bonds is 6. The highest BCUT2D eigenvalue weighted by atomic mass is 16.6. The first-order valence-corrected chi connectivity index (χ1v) is 9.82. The number of nitrogens with one attached hydrogen (secondary N) is 1. The fourth-order valence-corrected chi connectivity index (χ4v) is 3.70. The summed E-state index contributed by atoms with van der Waals surface area (Å²) in [5, 5.41) is 14.7. The number of anilines is 1. The van der Waals surface area contributed by atoms with Crippen LogP contribution in [0.3, 0.4) is 0 Å². The van der Waals surface area contributed by atoms with E-state index in [0.29, 0.717) is 25.4 Å². The van der Waals surface area contributed by atoms with E-state index in [4.69, 9.17) is 4.74 Å². The maximum Gasteiger partial charge on any atom is 0.376 e. The van der Waals surface area contributed by atoms with Crippen LogP contribution in [0.1, 0.15) is 17.2 Å². The Labute approximate surface area is 173 Å². The van der Waals surface area contributed by atoms with E-state index in [1.807, 2.05) is 19.1 Å². The summed E-state index contributed by atoms with van der Waals surface area (Å²) in [7, 11) is 0. The van der Waals surface area contributed by atoms with Gasteiger partial charge in [0.25, 0.3) is 0 Å². The standard InChI is InChI=1S/C21H23N5O4/c1-15-5-7-16(8-6-15)17(24-10-12-30-13-11-24)14-22-20-19(26(28)29)21(27)25-9-3-2-4-18(25)23-20/h2-9,17,22H,10-14H2,1H3. The summed E-state index contributed by atoms with van der Waals surface area (Å²) in [6, 6.07) is 13.2. The molecule has 1 unspecified atom stereocenters. The fraction of sp³-hybridized carbons (Fsp3) is 0.333. The van der Waals surface area contributed by atoms with Crippen LogP contribution in [0.25, 0.3) is 5.65 Å². The molecule has 0 aliphatic carbocycles. The number of hydrogen-bond donors (Lipinski definition) is 1. The van der Waals surface area contributed by atoms with Crippen LogP contribution in [0.2, 0.25) is 0 Å². The largest absolute Gasteiger partial charge is 0.379 e. The molecular weight excluding hydrogens is 386 g/mol. The molecule has 4 rings (SSSR count). The third-order valence-electron chi connectivity index (χ3n) is 5.30. The highest BCUT2D eigenvalue weighted by Gasteiger charge is 2.27. The van der Waals surface area contributed by atoms with Crippen molar-refractivity contribution >= 4 is 17.2 Å². The molecule has 3 aromatic rings. The molecule has 1 aliphatic rings.